The molecule has 4 rings (SSSR count). The molecule has 1 aromatic heterocycles. The van der Waals surface area contributed by atoms with E-state index in [2.05, 4.69) is 4.98 Å². The van der Waals surface area contributed by atoms with Crippen molar-refractivity contribution in [1.29, 1.82) is 5.26 Å². The molecule has 2 aliphatic heterocycles. The van der Waals surface area contributed by atoms with Crippen molar-refractivity contribution in [2.75, 3.05) is 4.90 Å². The van der Waals surface area contributed by atoms with Gasteiger partial charge in [-0.15, -0.1) is 0 Å². The van der Waals surface area contributed by atoms with E-state index in [0.717, 1.165) is 0 Å². The summed E-state index contributed by atoms with van der Waals surface area (Å²) in [6, 6.07) is 0.956. The smallest absolute Gasteiger partial charge is 0.344 e. The van der Waals surface area contributed by atoms with Crippen LogP contribution in [0.5, 0.6) is 0 Å². The van der Waals surface area contributed by atoms with Crippen LogP contribution in [0.2, 0.25) is 0 Å². The minimum absolute atomic E-state index is 0.0275. The van der Waals surface area contributed by atoms with Crippen LogP contribution in [-0.4, -0.2) is 35.1 Å². The van der Waals surface area contributed by atoms with Gasteiger partial charge in [0.05, 0.1) is 23.8 Å². The Labute approximate surface area is 155 Å². The van der Waals surface area contributed by atoms with E-state index in [-0.39, 0.29) is 6.07 Å². The molecule has 0 aromatic carbocycles. The second kappa shape index (κ2) is 5.73. The Morgan fingerprint density at radius 3 is 2.32 bits per heavy atom. The number of hydrogen-bond donors (Lipinski definition) is 0. The third-order valence-corrected chi connectivity index (χ3v) is 5.37. The second-order valence-corrected chi connectivity index (χ2v) is 7.61. The summed E-state index contributed by atoms with van der Waals surface area (Å²) in [6.07, 6.45) is -10.7. The van der Waals surface area contributed by atoms with Crippen LogP contribution in [0.25, 0.3) is 0 Å². The van der Waals surface area contributed by atoms with Crippen LogP contribution in [0, 0.1) is 17.2 Å². The highest BCUT2D eigenvalue weighted by molar-refractivity contribution is 5.52. The van der Waals surface area contributed by atoms with Gasteiger partial charge in [0.15, 0.2) is 5.79 Å². The summed E-state index contributed by atoms with van der Waals surface area (Å²) in [5.41, 5.74) is -3.12. The van der Waals surface area contributed by atoms with Crippen molar-refractivity contribution < 1.29 is 35.8 Å². The molecule has 3 fully saturated rings. The van der Waals surface area contributed by atoms with Crippen molar-refractivity contribution in [2.45, 2.75) is 62.7 Å². The van der Waals surface area contributed by atoms with Crippen molar-refractivity contribution in [1.82, 2.24) is 4.98 Å². The molecule has 0 amide bonds. The molecular weight excluding hydrogens is 392 g/mol. The zero-order valence-corrected chi connectivity index (χ0v) is 14.7. The van der Waals surface area contributed by atoms with Gasteiger partial charge in [-0.1, -0.05) is 0 Å². The summed E-state index contributed by atoms with van der Waals surface area (Å²) in [6.45, 7) is 3.33. The molecule has 1 aliphatic carbocycles. The van der Waals surface area contributed by atoms with Gasteiger partial charge in [0, 0.05) is 5.92 Å². The number of piperidine rings is 1. The van der Waals surface area contributed by atoms with Crippen molar-refractivity contribution >= 4 is 5.82 Å². The third-order valence-electron chi connectivity index (χ3n) is 5.37. The van der Waals surface area contributed by atoms with Gasteiger partial charge in [0.1, 0.15) is 23.7 Å². The number of rotatable bonds is 1. The van der Waals surface area contributed by atoms with Gasteiger partial charge >= 0.3 is 12.4 Å². The number of halogens is 6. The molecule has 11 heteroatoms. The quantitative estimate of drug-likeness (QED) is 0.664. The fourth-order valence-corrected chi connectivity index (χ4v) is 4.41. The monoisotopic (exact) mass is 407 g/mol. The maximum Gasteiger partial charge on any atom is 0.433 e. The molecule has 0 radical (unpaired) electrons. The summed E-state index contributed by atoms with van der Waals surface area (Å²) in [7, 11) is 0. The van der Waals surface area contributed by atoms with Gasteiger partial charge in [0.2, 0.25) is 0 Å². The summed E-state index contributed by atoms with van der Waals surface area (Å²) in [5.74, 6) is -1.87. The molecule has 28 heavy (non-hydrogen) atoms. The molecule has 3 aliphatic rings. The van der Waals surface area contributed by atoms with E-state index in [0.29, 0.717) is 12.5 Å². The molecule has 5 nitrogen and oxygen atoms in total. The van der Waals surface area contributed by atoms with Crippen molar-refractivity contribution in [2.24, 2.45) is 5.92 Å². The van der Waals surface area contributed by atoms with Crippen molar-refractivity contribution in [3.8, 4) is 6.07 Å². The predicted molar refractivity (Wildman–Crippen MR) is 81.8 cm³/mol. The molecule has 3 heterocycles. The SMILES string of the molecule is CC1(C)O[C@H]2[C@H]3C[C@@H]([C@H]2O1)N(c1cc(C(F)(F)F)cc(C(F)(F)F)n1)[C@@H]3C#N. The lowest BCUT2D eigenvalue weighted by atomic mass is 9.95. The highest BCUT2D eigenvalue weighted by atomic mass is 19.4. The zero-order chi connectivity index (χ0) is 20.6. The largest absolute Gasteiger partial charge is 0.433 e. The molecule has 1 saturated carbocycles. The van der Waals surface area contributed by atoms with Gasteiger partial charge in [-0.2, -0.15) is 31.6 Å². The van der Waals surface area contributed by atoms with Gasteiger partial charge in [-0.3, -0.25) is 0 Å². The topological polar surface area (TPSA) is 58.4 Å². The normalized spacial score (nSPS) is 33.8. The van der Waals surface area contributed by atoms with Crippen LogP contribution in [0.1, 0.15) is 31.5 Å². The highest BCUT2D eigenvalue weighted by Crippen LogP contribution is 2.52. The standard InChI is InChI=1S/C17H15F6N3O2/c1-15(2)27-13-8-5-9(14(13)28-15)26(10(8)6-24)12-4-7(16(18,19)20)3-11(25-12)17(21,22)23/h3-4,8-10,13-14H,5H2,1-2H3/t8-,9-,10+,13-,14+/m0/s1. The van der Waals surface area contributed by atoms with E-state index < -0.39 is 65.4 Å². The van der Waals surface area contributed by atoms with Crippen LogP contribution in [0.15, 0.2) is 12.1 Å². The first-order valence-corrected chi connectivity index (χ1v) is 8.52. The van der Waals surface area contributed by atoms with E-state index in [1.54, 1.807) is 13.8 Å². The molecule has 0 unspecified atom stereocenters. The average molecular weight is 407 g/mol. The molecule has 2 saturated heterocycles. The number of alkyl halides is 6. The van der Waals surface area contributed by atoms with E-state index in [9.17, 15) is 31.6 Å². The summed E-state index contributed by atoms with van der Waals surface area (Å²) in [5, 5.41) is 9.57. The first kappa shape index (κ1) is 19.3. The number of ether oxygens (including phenoxy) is 2. The molecule has 2 bridgehead atoms. The number of nitriles is 1. The number of anilines is 1. The molecule has 0 N–H and O–H groups in total. The van der Waals surface area contributed by atoms with Crippen LogP contribution >= 0.6 is 0 Å². The minimum Gasteiger partial charge on any atom is -0.344 e. The summed E-state index contributed by atoms with van der Waals surface area (Å²) in [4.78, 5) is 4.64. The van der Waals surface area contributed by atoms with Crippen LogP contribution in [-0.2, 0) is 21.8 Å². The Kier molecular flexibility index (Phi) is 3.94. The molecular formula is C17H15F6N3O2. The summed E-state index contributed by atoms with van der Waals surface area (Å²) < 4.78 is 90.6. The third kappa shape index (κ3) is 2.90. The van der Waals surface area contributed by atoms with Gasteiger partial charge in [0.25, 0.3) is 0 Å². The lowest BCUT2D eigenvalue weighted by molar-refractivity contribution is -0.154. The van der Waals surface area contributed by atoms with Crippen LogP contribution in [0.4, 0.5) is 32.2 Å². The number of aromatic nitrogens is 1. The van der Waals surface area contributed by atoms with E-state index >= 15 is 0 Å². The Morgan fingerprint density at radius 2 is 1.75 bits per heavy atom. The highest BCUT2D eigenvalue weighted by Gasteiger charge is 2.64. The lowest BCUT2D eigenvalue weighted by Gasteiger charge is -2.37. The van der Waals surface area contributed by atoms with Gasteiger partial charge in [-0.25, -0.2) is 4.98 Å². The van der Waals surface area contributed by atoms with E-state index in [4.69, 9.17) is 9.47 Å². The van der Waals surface area contributed by atoms with E-state index in [1.165, 1.54) is 4.90 Å². The number of pyridine rings is 1. The van der Waals surface area contributed by atoms with Crippen molar-refractivity contribution in [3.63, 3.8) is 0 Å². The molecule has 1 aromatic rings. The maximum absolute atomic E-state index is 13.2. The number of fused-ring (bicyclic) bond motifs is 5. The molecule has 5 atom stereocenters. The molecule has 152 valence electrons. The lowest BCUT2D eigenvalue weighted by Crippen LogP contribution is -2.52. The Bertz CT molecular complexity index is 815. The van der Waals surface area contributed by atoms with Crippen molar-refractivity contribution in [3.05, 3.63) is 23.4 Å². The Hall–Kier alpha value is -2.06. The second-order valence-electron chi connectivity index (χ2n) is 7.61. The fourth-order valence-electron chi connectivity index (χ4n) is 4.41. The van der Waals surface area contributed by atoms with Gasteiger partial charge < -0.3 is 14.4 Å². The minimum atomic E-state index is -5.06. The Balaban J connectivity index is 1.79. The molecule has 0 spiro atoms. The zero-order valence-electron chi connectivity index (χ0n) is 14.7. The number of hydrogen-bond acceptors (Lipinski definition) is 5. The number of nitrogens with zero attached hydrogens (tertiary/aromatic N) is 3. The Morgan fingerprint density at radius 1 is 1.11 bits per heavy atom. The van der Waals surface area contributed by atoms with E-state index in [1.807, 2.05) is 6.07 Å². The summed E-state index contributed by atoms with van der Waals surface area (Å²) >= 11 is 0. The first-order chi connectivity index (χ1) is 12.8. The van der Waals surface area contributed by atoms with Gasteiger partial charge in [-0.05, 0) is 32.4 Å². The van der Waals surface area contributed by atoms with Crippen LogP contribution < -0.4 is 4.90 Å². The fraction of sp³-hybridized carbons (Fsp3) is 0.647. The predicted octanol–water partition coefficient (Wildman–Crippen LogP) is 3.74. The average Bonchev–Trinajstić information content (AvgIpc) is 3.18. The first-order valence-electron chi connectivity index (χ1n) is 8.52. The van der Waals surface area contributed by atoms with Crippen LogP contribution in [0.3, 0.4) is 0 Å². The maximum atomic E-state index is 13.2.